The van der Waals surface area contributed by atoms with Crippen molar-refractivity contribution in [2.24, 2.45) is 0 Å². The zero-order chi connectivity index (χ0) is 23.8. The monoisotopic (exact) mass is 450 g/mol. The van der Waals surface area contributed by atoms with Crippen LogP contribution in [0.1, 0.15) is 31.2 Å². The standard InChI is InChI=1S/C26H30N2O5/c1-4-16-32-21-10-7-9-19(18-21)24-23(22(29)13-12-20-11-8-17-33-20)25(30)26(31)28(24)15-14-27(5-2)6-3/h4,7-13,17-18,24,30H,1,5-6,14-16H2,2-3H3/b13-12+. The van der Waals surface area contributed by atoms with Gasteiger partial charge in [0.2, 0.25) is 0 Å². The molecule has 0 radical (unpaired) electrons. The fourth-order valence-corrected chi connectivity index (χ4v) is 3.83. The number of ether oxygens (including phenoxy) is 1. The van der Waals surface area contributed by atoms with Crippen molar-refractivity contribution in [3.05, 3.63) is 84.0 Å². The van der Waals surface area contributed by atoms with Crippen LogP contribution < -0.4 is 4.74 Å². The van der Waals surface area contributed by atoms with E-state index in [4.69, 9.17) is 9.15 Å². The van der Waals surface area contributed by atoms with Crippen LogP contribution in [0.5, 0.6) is 5.75 Å². The Hall–Kier alpha value is -3.58. The van der Waals surface area contributed by atoms with Gasteiger partial charge in [-0.05, 0) is 55.1 Å². The Balaban J connectivity index is 1.97. The predicted octanol–water partition coefficient (Wildman–Crippen LogP) is 4.16. The van der Waals surface area contributed by atoms with E-state index in [9.17, 15) is 14.7 Å². The zero-order valence-corrected chi connectivity index (χ0v) is 19.1. The summed E-state index contributed by atoms with van der Waals surface area (Å²) in [6, 6.07) is 9.91. The number of aliphatic hydroxyl groups excluding tert-OH is 1. The van der Waals surface area contributed by atoms with Crippen molar-refractivity contribution in [1.82, 2.24) is 9.80 Å². The van der Waals surface area contributed by atoms with Crippen LogP contribution in [0, 0.1) is 0 Å². The first kappa shape index (κ1) is 24.1. The highest BCUT2D eigenvalue weighted by Gasteiger charge is 2.42. The minimum atomic E-state index is -0.728. The van der Waals surface area contributed by atoms with Gasteiger partial charge in [0.05, 0.1) is 17.9 Å². The fraction of sp³-hybridized carbons (Fsp3) is 0.308. The normalized spacial score (nSPS) is 16.3. The molecule has 2 aromatic rings. The maximum atomic E-state index is 13.2. The van der Waals surface area contributed by atoms with Crippen LogP contribution in [0.15, 0.2) is 77.1 Å². The first-order chi connectivity index (χ1) is 16.0. The molecule has 1 aromatic carbocycles. The summed E-state index contributed by atoms with van der Waals surface area (Å²) in [4.78, 5) is 29.9. The van der Waals surface area contributed by atoms with Crippen LogP contribution in [0.3, 0.4) is 0 Å². The average Bonchev–Trinajstić information content (AvgIpc) is 3.44. The molecule has 2 heterocycles. The Kier molecular flexibility index (Phi) is 8.27. The van der Waals surface area contributed by atoms with Gasteiger partial charge in [-0.25, -0.2) is 0 Å². The Morgan fingerprint density at radius 3 is 2.73 bits per heavy atom. The van der Waals surface area contributed by atoms with E-state index >= 15 is 0 Å². The molecule has 174 valence electrons. The molecule has 33 heavy (non-hydrogen) atoms. The molecule has 0 aliphatic carbocycles. The lowest BCUT2D eigenvalue weighted by atomic mass is 9.95. The maximum Gasteiger partial charge on any atom is 0.290 e. The third-order valence-corrected chi connectivity index (χ3v) is 5.60. The Bertz CT molecular complexity index is 1030. The summed E-state index contributed by atoms with van der Waals surface area (Å²) in [6.07, 6.45) is 5.98. The number of ketones is 1. The number of nitrogens with zero attached hydrogens (tertiary/aromatic N) is 2. The molecule has 7 heteroatoms. The fourth-order valence-electron chi connectivity index (χ4n) is 3.83. The quantitative estimate of drug-likeness (QED) is 0.386. The second-order valence-corrected chi connectivity index (χ2v) is 7.58. The van der Waals surface area contributed by atoms with Gasteiger partial charge in [0.1, 0.15) is 18.1 Å². The van der Waals surface area contributed by atoms with Crippen molar-refractivity contribution < 1.29 is 23.8 Å². The molecule has 1 atom stereocenters. The number of hydrogen-bond acceptors (Lipinski definition) is 6. The van der Waals surface area contributed by atoms with Gasteiger partial charge in [-0.2, -0.15) is 0 Å². The Morgan fingerprint density at radius 1 is 1.27 bits per heavy atom. The smallest absolute Gasteiger partial charge is 0.290 e. The molecule has 7 nitrogen and oxygen atoms in total. The van der Waals surface area contributed by atoms with E-state index in [2.05, 4.69) is 25.3 Å². The number of carbonyl (C=O) groups is 2. The van der Waals surface area contributed by atoms with Gasteiger partial charge >= 0.3 is 0 Å². The third kappa shape index (κ3) is 5.62. The van der Waals surface area contributed by atoms with Gasteiger partial charge in [-0.15, -0.1) is 0 Å². The summed E-state index contributed by atoms with van der Waals surface area (Å²) in [5.74, 6) is -0.439. The Morgan fingerprint density at radius 2 is 2.06 bits per heavy atom. The molecule has 1 aromatic heterocycles. The van der Waals surface area contributed by atoms with Crippen LogP contribution in [0.2, 0.25) is 0 Å². The number of rotatable bonds is 12. The summed E-state index contributed by atoms with van der Waals surface area (Å²) >= 11 is 0. The molecule has 1 amide bonds. The molecule has 1 aliphatic rings. The van der Waals surface area contributed by atoms with Crippen LogP contribution in [-0.2, 0) is 9.59 Å². The van der Waals surface area contributed by atoms with Gasteiger partial charge in [-0.1, -0.05) is 38.6 Å². The first-order valence-corrected chi connectivity index (χ1v) is 11.1. The molecule has 0 saturated carbocycles. The molecule has 0 saturated heterocycles. The number of benzene rings is 1. The average molecular weight is 451 g/mol. The van der Waals surface area contributed by atoms with E-state index in [0.717, 1.165) is 13.1 Å². The van der Waals surface area contributed by atoms with Crippen molar-refractivity contribution in [3.63, 3.8) is 0 Å². The topological polar surface area (TPSA) is 83.2 Å². The second-order valence-electron chi connectivity index (χ2n) is 7.58. The molecule has 0 bridgehead atoms. The van der Waals surface area contributed by atoms with E-state index in [1.807, 2.05) is 6.07 Å². The third-order valence-electron chi connectivity index (χ3n) is 5.60. The number of aliphatic hydroxyl groups is 1. The van der Waals surface area contributed by atoms with Crippen molar-refractivity contribution in [2.75, 3.05) is 32.8 Å². The van der Waals surface area contributed by atoms with Gasteiger partial charge < -0.3 is 24.1 Å². The van der Waals surface area contributed by atoms with Crippen LogP contribution in [0.4, 0.5) is 0 Å². The first-order valence-electron chi connectivity index (χ1n) is 11.1. The molecule has 1 N–H and O–H groups in total. The maximum absolute atomic E-state index is 13.2. The number of allylic oxidation sites excluding steroid dienone is 1. The molecule has 1 aliphatic heterocycles. The van der Waals surface area contributed by atoms with Crippen LogP contribution in [-0.4, -0.2) is 59.4 Å². The summed E-state index contributed by atoms with van der Waals surface area (Å²) in [5, 5.41) is 10.7. The van der Waals surface area contributed by atoms with Crippen molar-refractivity contribution >= 4 is 17.8 Å². The molecule has 0 fully saturated rings. The lowest BCUT2D eigenvalue weighted by molar-refractivity contribution is -0.129. The summed E-state index contributed by atoms with van der Waals surface area (Å²) in [6.45, 7) is 10.8. The second kappa shape index (κ2) is 11.3. The molecular weight excluding hydrogens is 420 g/mol. The number of furan rings is 1. The highest BCUT2D eigenvalue weighted by atomic mass is 16.5. The van der Waals surface area contributed by atoms with E-state index < -0.39 is 23.5 Å². The summed E-state index contributed by atoms with van der Waals surface area (Å²) in [5.41, 5.74) is 0.728. The van der Waals surface area contributed by atoms with Crippen LogP contribution >= 0.6 is 0 Å². The van der Waals surface area contributed by atoms with Crippen molar-refractivity contribution in [2.45, 2.75) is 19.9 Å². The van der Waals surface area contributed by atoms with Crippen molar-refractivity contribution in [3.8, 4) is 5.75 Å². The number of likely N-dealkylation sites (N-methyl/N-ethyl adjacent to an activating group) is 1. The zero-order valence-electron chi connectivity index (χ0n) is 19.1. The van der Waals surface area contributed by atoms with Gasteiger partial charge in [-0.3, -0.25) is 9.59 Å². The molecule has 1 unspecified atom stereocenters. The number of carbonyl (C=O) groups excluding carboxylic acids is 2. The highest BCUT2D eigenvalue weighted by molar-refractivity contribution is 6.14. The molecule has 0 spiro atoms. The summed E-state index contributed by atoms with van der Waals surface area (Å²) < 4.78 is 10.9. The SMILES string of the molecule is C=CCOc1cccc(C2C(C(=O)/C=C/c3ccco3)=C(O)C(=O)N2CCN(CC)CC)c1. The minimum absolute atomic E-state index is 0.0447. The van der Waals surface area contributed by atoms with Gasteiger partial charge in [0.25, 0.3) is 5.91 Å². The minimum Gasteiger partial charge on any atom is -0.503 e. The van der Waals surface area contributed by atoms with Gasteiger partial charge in [0.15, 0.2) is 11.5 Å². The van der Waals surface area contributed by atoms with E-state index in [1.54, 1.807) is 41.3 Å². The summed E-state index contributed by atoms with van der Waals surface area (Å²) in [7, 11) is 0. The van der Waals surface area contributed by atoms with Gasteiger partial charge in [0, 0.05) is 13.1 Å². The number of hydrogen-bond donors (Lipinski definition) is 1. The number of amides is 1. The predicted molar refractivity (Wildman–Crippen MR) is 127 cm³/mol. The molecular formula is C26H30N2O5. The lowest BCUT2D eigenvalue weighted by Crippen LogP contribution is -2.38. The van der Waals surface area contributed by atoms with Crippen LogP contribution in [0.25, 0.3) is 6.08 Å². The molecule has 3 rings (SSSR count). The van der Waals surface area contributed by atoms with E-state index in [0.29, 0.717) is 36.8 Å². The van der Waals surface area contributed by atoms with Crippen molar-refractivity contribution in [1.29, 1.82) is 0 Å². The lowest BCUT2D eigenvalue weighted by Gasteiger charge is -2.29. The van der Waals surface area contributed by atoms with E-state index in [1.165, 1.54) is 18.4 Å². The van der Waals surface area contributed by atoms with E-state index in [-0.39, 0.29) is 5.57 Å². The highest BCUT2D eigenvalue weighted by Crippen LogP contribution is 2.39. The Labute approximate surface area is 194 Å². The largest absolute Gasteiger partial charge is 0.503 e.